The van der Waals surface area contributed by atoms with Crippen molar-refractivity contribution in [1.29, 1.82) is 0 Å². The Labute approximate surface area is 201 Å². The maximum absolute atomic E-state index is 11.9. The third-order valence-corrected chi connectivity index (χ3v) is 5.08. The second-order valence-corrected chi connectivity index (χ2v) is 8.48. The van der Waals surface area contributed by atoms with Crippen LogP contribution in [-0.2, 0) is 17.8 Å². The molecule has 8 heteroatoms. The molecule has 1 heterocycles. The predicted molar refractivity (Wildman–Crippen MR) is 139 cm³/mol. The third kappa shape index (κ3) is 10.4. The molecule has 166 valence electrons. The van der Waals surface area contributed by atoms with Gasteiger partial charge in [-0.3, -0.25) is 4.79 Å². The van der Waals surface area contributed by atoms with Crippen molar-refractivity contribution in [3.05, 3.63) is 52.2 Å². The summed E-state index contributed by atoms with van der Waals surface area (Å²) in [7, 11) is 3.75. The second kappa shape index (κ2) is 14.4. The first kappa shape index (κ1) is 26.4. The molecule has 2 aromatic rings. The van der Waals surface area contributed by atoms with E-state index in [0.717, 1.165) is 36.7 Å². The fourth-order valence-electron chi connectivity index (χ4n) is 2.86. The number of anilines is 1. The van der Waals surface area contributed by atoms with Gasteiger partial charge >= 0.3 is 0 Å². The van der Waals surface area contributed by atoms with Crippen LogP contribution in [0.1, 0.15) is 24.3 Å². The van der Waals surface area contributed by atoms with E-state index in [2.05, 4.69) is 47.3 Å². The van der Waals surface area contributed by atoms with E-state index in [0.29, 0.717) is 19.0 Å². The first-order chi connectivity index (χ1) is 14.0. The highest BCUT2D eigenvalue weighted by Crippen LogP contribution is 2.14. The quantitative estimate of drug-likeness (QED) is 0.242. The van der Waals surface area contributed by atoms with E-state index < -0.39 is 0 Å². The van der Waals surface area contributed by atoms with Crippen molar-refractivity contribution < 1.29 is 4.79 Å². The van der Waals surface area contributed by atoms with Crippen LogP contribution in [-0.4, -0.2) is 50.5 Å². The number of benzene rings is 1. The Balaban J connectivity index is 0.00000450. The SMILES string of the molecule is CCNC(=NCc1cccc(NC(=O)CN(C)C)c1)NCC(C)Cc1cccs1.I. The average Bonchev–Trinajstić information content (AvgIpc) is 3.16. The van der Waals surface area contributed by atoms with Gasteiger partial charge in [-0.2, -0.15) is 0 Å². The van der Waals surface area contributed by atoms with Gasteiger partial charge in [-0.05, 0) is 62.5 Å². The number of guanidine groups is 1. The predicted octanol–water partition coefficient (Wildman–Crippen LogP) is 3.80. The number of nitrogens with one attached hydrogen (secondary N) is 3. The van der Waals surface area contributed by atoms with Crippen molar-refractivity contribution in [2.75, 3.05) is 39.0 Å². The normalized spacial score (nSPS) is 12.2. The third-order valence-electron chi connectivity index (χ3n) is 4.18. The van der Waals surface area contributed by atoms with E-state index in [1.807, 2.05) is 43.3 Å². The van der Waals surface area contributed by atoms with Gasteiger partial charge in [0.2, 0.25) is 5.91 Å². The molecule has 0 aliphatic carbocycles. The molecular formula is C22H34IN5OS. The van der Waals surface area contributed by atoms with Gasteiger partial charge in [0.05, 0.1) is 13.1 Å². The van der Waals surface area contributed by atoms with E-state index in [1.54, 1.807) is 11.3 Å². The van der Waals surface area contributed by atoms with Gasteiger partial charge in [0.25, 0.3) is 0 Å². The molecular weight excluding hydrogens is 509 g/mol. The number of aliphatic imine (C=N–C) groups is 1. The van der Waals surface area contributed by atoms with Gasteiger partial charge in [-0.1, -0.05) is 25.1 Å². The maximum atomic E-state index is 11.9. The van der Waals surface area contributed by atoms with Crippen LogP contribution < -0.4 is 16.0 Å². The number of hydrogen-bond donors (Lipinski definition) is 3. The van der Waals surface area contributed by atoms with E-state index in [1.165, 1.54) is 4.88 Å². The van der Waals surface area contributed by atoms with E-state index in [-0.39, 0.29) is 29.9 Å². The number of thiophene rings is 1. The van der Waals surface area contributed by atoms with Crippen LogP contribution in [0.4, 0.5) is 5.69 Å². The van der Waals surface area contributed by atoms with Gasteiger partial charge in [0.1, 0.15) is 0 Å². The number of nitrogens with zero attached hydrogens (tertiary/aromatic N) is 2. The second-order valence-electron chi connectivity index (χ2n) is 7.45. The highest BCUT2D eigenvalue weighted by atomic mass is 127. The van der Waals surface area contributed by atoms with Crippen LogP contribution in [0, 0.1) is 5.92 Å². The number of rotatable bonds is 10. The van der Waals surface area contributed by atoms with E-state index in [9.17, 15) is 4.79 Å². The van der Waals surface area contributed by atoms with Gasteiger partial charge in [0, 0.05) is 23.7 Å². The number of hydrogen-bond acceptors (Lipinski definition) is 4. The maximum Gasteiger partial charge on any atom is 0.238 e. The van der Waals surface area contributed by atoms with E-state index >= 15 is 0 Å². The monoisotopic (exact) mass is 543 g/mol. The molecule has 0 fully saturated rings. The standard InChI is InChI=1S/C22H33N5OS.HI/c1-5-23-22(24-14-17(2)12-20-10-7-11-29-20)25-15-18-8-6-9-19(13-18)26-21(28)16-27(3)4;/h6-11,13,17H,5,12,14-16H2,1-4H3,(H,26,28)(H2,23,24,25);1H. The summed E-state index contributed by atoms with van der Waals surface area (Å²) in [4.78, 5) is 19.9. The molecule has 0 bridgehead atoms. The first-order valence-electron chi connectivity index (χ1n) is 10.0. The van der Waals surface area contributed by atoms with Crippen molar-refractivity contribution >= 4 is 52.9 Å². The van der Waals surface area contributed by atoms with Gasteiger partial charge in [0.15, 0.2) is 5.96 Å². The Morgan fingerprint density at radius 1 is 1.20 bits per heavy atom. The van der Waals surface area contributed by atoms with Gasteiger partial charge in [-0.15, -0.1) is 35.3 Å². The molecule has 0 saturated heterocycles. The summed E-state index contributed by atoms with van der Waals surface area (Å²) in [6.07, 6.45) is 1.07. The molecule has 0 spiro atoms. The largest absolute Gasteiger partial charge is 0.357 e. The van der Waals surface area contributed by atoms with Crippen LogP contribution in [0.2, 0.25) is 0 Å². The summed E-state index contributed by atoms with van der Waals surface area (Å²) in [5.41, 5.74) is 1.85. The van der Waals surface area contributed by atoms with Crippen molar-refractivity contribution in [3.8, 4) is 0 Å². The zero-order chi connectivity index (χ0) is 21.1. The summed E-state index contributed by atoms with van der Waals surface area (Å²) in [6.45, 7) is 6.89. The summed E-state index contributed by atoms with van der Waals surface area (Å²) in [5, 5.41) is 11.8. The minimum absolute atomic E-state index is 0. The van der Waals surface area contributed by atoms with Crippen LogP contribution in [0.25, 0.3) is 0 Å². The van der Waals surface area contributed by atoms with Crippen molar-refractivity contribution in [1.82, 2.24) is 15.5 Å². The molecule has 2 rings (SSSR count). The zero-order valence-corrected chi connectivity index (χ0v) is 21.4. The molecule has 3 N–H and O–H groups in total. The fraction of sp³-hybridized carbons (Fsp3) is 0.455. The molecule has 1 unspecified atom stereocenters. The highest BCUT2D eigenvalue weighted by molar-refractivity contribution is 14.0. The number of likely N-dealkylation sites (N-methyl/N-ethyl adjacent to an activating group) is 1. The van der Waals surface area contributed by atoms with E-state index in [4.69, 9.17) is 4.99 Å². The topological polar surface area (TPSA) is 68.8 Å². The lowest BCUT2D eigenvalue weighted by Gasteiger charge is -2.15. The molecule has 0 aliphatic heterocycles. The Morgan fingerprint density at radius 2 is 2.00 bits per heavy atom. The summed E-state index contributed by atoms with van der Waals surface area (Å²) >= 11 is 1.81. The Hall–Kier alpha value is -1.65. The lowest BCUT2D eigenvalue weighted by atomic mass is 10.1. The Morgan fingerprint density at radius 3 is 2.67 bits per heavy atom. The van der Waals surface area contributed by atoms with Gasteiger partial charge < -0.3 is 20.9 Å². The minimum atomic E-state index is -0.0228. The average molecular weight is 544 g/mol. The molecule has 1 amide bonds. The summed E-state index contributed by atoms with van der Waals surface area (Å²) in [6, 6.07) is 12.1. The van der Waals surface area contributed by atoms with Crippen molar-refractivity contribution in [2.24, 2.45) is 10.9 Å². The summed E-state index contributed by atoms with van der Waals surface area (Å²) < 4.78 is 0. The van der Waals surface area contributed by atoms with Crippen LogP contribution in [0.15, 0.2) is 46.8 Å². The first-order valence-corrected chi connectivity index (χ1v) is 10.9. The Kier molecular flexibility index (Phi) is 12.6. The van der Waals surface area contributed by atoms with Crippen LogP contribution >= 0.6 is 35.3 Å². The number of halogens is 1. The summed E-state index contributed by atoms with van der Waals surface area (Å²) in [5.74, 6) is 1.31. The molecule has 1 aromatic carbocycles. The number of carbonyl (C=O) groups excluding carboxylic acids is 1. The minimum Gasteiger partial charge on any atom is -0.357 e. The lowest BCUT2D eigenvalue weighted by Crippen LogP contribution is -2.39. The van der Waals surface area contributed by atoms with Crippen molar-refractivity contribution in [3.63, 3.8) is 0 Å². The molecule has 0 radical (unpaired) electrons. The molecule has 0 saturated carbocycles. The van der Waals surface area contributed by atoms with Crippen molar-refractivity contribution in [2.45, 2.75) is 26.8 Å². The van der Waals surface area contributed by atoms with Gasteiger partial charge in [-0.25, -0.2) is 4.99 Å². The Bertz CT molecular complexity index is 780. The molecule has 30 heavy (non-hydrogen) atoms. The lowest BCUT2D eigenvalue weighted by molar-refractivity contribution is -0.116. The van der Waals surface area contributed by atoms with Crippen LogP contribution in [0.5, 0.6) is 0 Å². The van der Waals surface area contributed by atoms with Crippen LogP contribution in [0.3, 0.4) is 0 Å². The molecule has 6 nitrogen and oxygen atoms in total. The number of carbonyl (C=O) groups is 1. The molecule has 0 aliphatic rings. The zero-order valence-electron chi connectivity index (χ0n) is 18.3. The number of amides is 1. The molecule has 1 atom stereocenters. The smallest absolute Gasteiger partial charge is 0.238 e. The fourth-order valence-corrected chi connectivity index (χ4v) is 3.73. The highest BCUT2D eigenvalue weighted by Gasteiger charge is 2.07. The molecule has 1 aromatic heterocycles.